The molecule has 0 aromatic heterocycles. The Hall–Kier alpha value is -3.40. The summed E-state index contributed by atoms with van der Waals surface area (Å²) in [4.78, 5) is 25.4. The molecule has 1 aliphatic heterocycles. The summed E-state index contributed by atoms with van der Waals surface area (Å²) in [5.41, 5.74) is 4.67. The predicted octanol–water partition coefficient (Wildman–Crippen LogP) is 4.10. The van der Waals surface area contributed by atoms with Gasteiger partial charge < -0.3 is 10.6 Å². The first-order valence-electron chi connectivity index (χ1n) is 9.02. The van der Waals surface area contributed by atoms with Gasteiger partial charge in [-0.05, 0) is 22.8 Å². The van der Waals surface area contributed by atoms with E-state index in [4.69, 9.17) is 0 Å². The molecule has 3 aromatic carbocycles. The third-order valence-electron chi connectivity index (χ3n) is 4.85. The molecule has 1 unspecified atom stereocenters. The van der Waals surface area contributed by atoms with Gasteiger partial charge in [0.25, 0.3) is 0 Å². The van der Waals surface area contributed by atoms with Gasteiger partial charge in [0.05, 0.1) is 5.92 Å². The molecular formula is C23H20N2O2. The van der Waals surface area contributed by atoms with Crippen LogP contribution < -0.4 is 10.6 Å². The van der Waals surface area contributed by atoms with E-state index in [-0.39, 0.29) is 18.2 Å². The quantitative estimate of drug-likeness (QED) is 0.739. The monoisotopic (exact) mass is 356 g/mol. The zero-order chi connectivity index (χ0) is 18.6. The maximum absolute atomic E-state index is 12.9. The van der Waals surface area contributed by atoms with E-state index in [0.29, 0.717) is 6.54 Å². The highest BCUT2D eigenvalue weighted by Gasteiger charge is 2.30. The third kappa shape index (κ3) is 3.60. The molecule has 0 spiro atoms. The number of hydrogen-bond acceptors (Lipinski definition) is 2. The molecule has 134 valence electrons. The van der Waals surface area contributed by atoms with E-state index in [2.05, 4.69) is 10.6 Å². The van der Waals surface area contributed by atoms with Crippen LogP contribution in [0.3, 0.4) is 0 Å². The highest BCUT2D eigenvalue weighted by atomic mass is 16.2. The third-order valence-corrected chi connectivity index (χ3v) is 4.85. The second-order valence-corrected chi connectivity index (χ2v) is 6.64. The lowest BCUT2D eigenvalue weighted by molar-refractivity contribution is -0.125. The van der Waals surface area contributed by atoms with Crippen molar-refractivity contribution < 1.29 is 9.59 Å². The fourth-order valence-electron chi connectivity index (χ4n) is 3.49. The average Bonchev–Trinajstić information content (AvgIpc) is 2.82. The molecule has 1 heterocycles. The SMILES string of the molecule is O=C(CC1C(=O)Nc2ccccc2-c2ccccc21)NCc1ccccc1. The van der Waals surface area contributed by atoms with E-state index in [0.717, 1.165) is 27.9 Å². The van der Waals surface area contributed by atoms with Gasteiger partial charge in [-0.3, -0.25) is 9.59 Å². The van der Waals surface area contributed by atoms with Gasteiger partial charge in [0.2, 0.25) is 11.8 Å². The molecule has 2 N–H and O–H groups in total. The highest BCUT2D eigenvalue weighted by Crippen LogP contribution is 2.39. The maximum atomic E-state index is 12.9. The number of anilines is 1. The number of carbonyl (C=O) groups is 2. The predicted molar refractivity (Wildman–Crippen MR) is 106 cm³/mol. The van der Waals surface area contributed by atoms with Crippen LogP contribution in [0.1, 0.15) is 23.5 Å². The number of nitrogens with one attached hydrogen (secondary N) is 2. The van der Waals surface area contributed by atoms with Gasteiger partial charge in [0.15, 0.2) is 0 Å². The van der Waals surface area contributed by atoms with Crippen LogP contribution in [-0.2, 0) is 16.1 Å². The van der Waals surface area contributed by atoms with Gasteiger partial charge in [-0.1, -0.05) is 72.8 Å². The van der Waals surface area contributed by atoms with Crippen LogP contribution in [0.25, 0.3) is 11.1 Å². The summed E-state index contributed by atoms with van der Waals surface area (Å²) in [7, 11) is 0. The lowest BCUT2D eigenvalue weighted by Crippen LogP contribution is -2.29. The summed E-state index contributed by atoms with van der Waals surface area (Å²) in [6, 6.07) is 25.3. The summed E-state index contributed by atoms with van der Waals surface area (Å²) < 4.78 is 0. The van der Waals surface area contributed by atoms with Crippen LogP contribution in [0.4, 0.5) is 5.69 Å². The number of carbonyl (C=O) groups excluding carboxylic acids is 2. The van der Waals surface area contributed by atoms with Crippen LogP contribution >= 0.6 is 0 Å². The van der Waals surface area contributed by atoms with Crippen molar-refractivity contribution >= 4 is 17.5 Å². The molecule has 4 nitrogen and oxygen atoms in total. The van der Waals surface area contributed by atoms with E-state index in [1.807, 2.05) is 78.9 Å². The second-order valence-electron chi connectivity index (χ2n) is 6.64. The molecule has 0 bridgehead atoms. The summed E-state index contributed by atoms with van der Waals surface area (Å²) in [6.07, 6.45) is 0.115. The summed E-state index contributed by atoms with van der Waals surface area (Å²) in [6.45, 7) is 0.454. The Kier molecular flexibility index (Phi) is 4.71. The van der Waals surface area contributed by atoms with Crippen molar-refractivity contribution in [1.82, 2.24) is 5.32 Å². The smallest absolute Gasteiger partial charge is 0.232 e. The topological polar surface area (TPSA) is 58.2 Å². The number of fused-ring (bicyclic) bond motifs is 3. The second kappa shape index (κ2) is 7.46. The molecule has 0 radical (unpaired) electrons. The van der Waals surface area contributed by atoms with Crippen molar-refractivity contribution in [3.05, 3.63) is 90.0 Å². The van der Waals surface area contributed by atoms with Crippen molar-refractivity contribution in [2.24, 2.45) is 0 Å². The Morgan fingerprint density at radius 3 is 2.33 bits per heavy atom. The molecular weight excluding hydrogens is 336 g/mol. The molecule has 0 fully saturated rings. The molecule has 4 rings (SSSR count). The number of amides is 2. The minimum atomic E-state index is -0.524. The first-order valence-corrected chi connectivity index (χ1v) is 9.02. The van der Waals surface area contributed by atoms with Gasteiger partial charge in [-0.15, -0.1) is 0 Å². The Balaban J connectivity index is 1.58. The Morgan fingerprint density at radius 2 is 1.52 bits per heavy atom. The minimum Gasteiger partial charge on any atom is -0.352 e. The van der Waals surface area contributed by atoms with E-state index in [1.54, 1.807) is 0 Å². The van der Waals surface area contributed by atoms with E-state index < -0.39 is 5.92 Å². The minimum absolute atomic E-state index is 0.115. The van der Waals surface area contributed by atoms with Gasteiger partial charge >= 0.3 is 0 Å². The zero-order valence-electron chi connectivity index (χ0n) is 14.8. The van der Waals surface area contributed by atoms with Crippen LogP contribution in [0, 0.1) is 0 Å². The van der Waals surface area contributed by atoms with Gasteiger partial charge in [-0.25, -0.2) is 0 Å². The van der Waals surface area contributed by atoms with Crippen molar-refractivity contribution in [2.75, 3.05) is 5.32 Å². The molecule has 1 atom stereocenters. The van der Waals surface area contributed by atoms with E-state index in [9.17, 15) is 9.59 Å². The van der Waals surface area contributed by atoms with Crippen LogP contribution in [0.2, 0.25) is 0 Å². The van der Waals surface area contributed by atoms with Crippen molar-refractivity contribution in [1.29, 1.82) is 0 Å². The molecule has 3 aromatic rings. The Bertz CT molecular complexity index is 982. The lowest BCUT2D eigenvalue weighted by atomic mass is 9.89. The van der Waals surface area contributed by atoms with Crippen molar-refractivity contribution in [2.45, 2.75) is 18.9 Å². The molecule has 27 heavy (non-hydrogen) atoms. The first-order chi connectivity index (χ1) is 13.2. The highest BCUT2D eigenvalue weighted by molar-refractivity contribution is 6.05. The molecule has 0 aliphatic carbocycles. The molecule has 1 aliphatic rings. The lowest BCUT2D eigenvalue weighted by Gasteiger charge is -2.16. The summed E-state index contributed by atoms with van der Waals surface area (Å²) >= 11 is 0. The molecule has 2 amide bonds. The van der Waals surface area contributed by atoms with Crippen molar-refractivity contribution in [3.63, 3.8) is 0 Å². The standard InChI is InChI=1S/C23H20N2O2/c26-22(24-15-16-8-2-1-3-9-16)14-20-18-11-5-4-10-17(18)19-12-6-7-13-21(19)25-23(20)27/h1-13,20H,14-15H2,(H,24,26)(H,25,27). The maximum Gasteiger partial charge on any atom is 0.232 e. The number of rotatable bonds is 4. The van der Waals surface area contributed by atoms with Gasteiger partial charge in [-0.2, -0.15) is 0 Å². The molecule has 0 saturated heterocycles. The number of benzene rings is 3. The number of para-hydroxylation sites is 1. The summed E-state index contributed by atoms with van der Waals surface area (Å²) in [5, 5.41) is 5.90. The van der Waals surface area contributed by atoms with Crippen LogP contribution in [0.5, 0.6) is 0 Å². The molecule has 4 heteroatoms. The van der Waals surface area contributed by atoms with Gasteiger partial charge in [0.1, 0.15) is 0 Å². The van der Waals surface area contributed by atoms with E-state index in [1.165, 1.54) is 0 Å². The zero-order valence-corrected chi connectivity index (χ0v) is 14.8. The van der Waals surface area contributed by atoms with Gasteiger partial charge in [0, 0.05) is 24.2 Å². The normalized spacial score (nSPS) is 15.1. The average molecular weight is 356 g/mol. The fraction of sp³-hybridized carbons (Fsp3) is 0.130. The largest absolute Gasteiger partial charge is 0.352 e. The Labute approximate surface area is 158 Å². The first kappa shape index (κ1) is 17.0. The van der Waals surface area contributed by atoms with Crippen LogP contribution in [0.15, 0.2) is 78.9 Å². The fourth-order valence-corrected chi connectivity index (χ4v) is 3.49. The van der Waals surface area contributed by atoms with E-state index >= 15 is 0 Å². The number of hydrogen-bond donors (Lipinski definition) is 2. The van der Waals surface area contributed by atoms with Crippen molar-refractivity contribution in [3.8, 4) is 11.1 Å². The summed E-state index contributed by atoms with van der Waals surface area (Å²) in [5.74, 6) is -0.814. The Morgan fingerprint density at radius 1 is 0.852 bits per heavy atom. The van der Waals surface area contributed by atoms with Crippen LogP contribution in [-0.4, -0.2) is 11.8 Å². The molecule has 0 saturated carbocycles.